The molecule has 2 aliphatic rings. The lowest BCUT2D eigenvalue weighted by Crippen LogP contribution is -2.46. The number of likely N-dealkylation sites (N-methyl/N-ethyl adjacent to an activating group) is 1. The molecule has 6 heteroatoms. The Balaban J connectivity index is 1.89. The molecule has 0 aromatic heterocycles. The first-order chi connectivity index (χ1) is 11.9. The van der Waals surface area contributed by atoms with Gasteiger partial charge in [-0.3, -0.25) is 4.79 Å². The molecule has 1 saturated heterocycles. The number of hydrogen-bond acceptors (Lipinski definition) is 3. The molecule has 1 unspecified atom stereocenters. The van der Waals surface area contributed by atoms with Gasteiger partial charge in [0.1, 0.15) is 6.54 Å². The van der Waals surface area contributed by atoms with E-state index in [9.17, 15) is 4.79 Å². The summed E-state index contributed by atoms with van der Waals surface area (Å²) in [7, 11) is 3.52. The molecule has 1 heterocycles. The van der Waals surface area contributed by atoms with Gasteiger partial charge in [-0.2, -0.15) is 0 Å². The molecule has 1 saturated carbocycles. The smallest absolute Gasteiger partial charge is 0.243 e. The number of nitrogens with one attached hydrogen (secondary N) is 2. The number of guanidine groups is 1. The van der Waals surface area contributed by atoms with Crippen LogP contribution in [0.3, 0.4) is 0 Å². The van der Waals surface area contributed by atoms with Gasteiger partial charge in [0.25, 0.3) is 0 Å². The Morgan fingerprint density at radius 1 is 1.16 bits per heavy atom. The van der Waals surface area contributed by atoms with Crippen molar-refractivity contribution in [2.24, 2.45) is 16.3 Å². The lowest BCUT2D eigenvalue weighted by Gasteiger charge is -2.32. The van der Waals surface area contributed by atoms with Crippen molar-refractivity contribution in [3.05, 3.63) is 0 Å². The Hall–Kier alpha value is -1.30. The molecule has 1 atom stereocenters. The van der Waals surface area contributed by atoms with Gasteiger partial charge in [0, 0.05) is 33.8 Å². The van der Waals surface area contributed by atoms with Crippen molar-refractivity contribution < 1.29 is 9.53 Å². The molecule has 1 aliphatic carbocycles. The predicted octanol–water partition coefficient (Wildman–Crippen LogP) is 2.01. The fourth-order valence-electron chi connectivity index (χ4n) is 3.64. The maximum absolute atomic E-state index is 11.9. The lowest BCUT2D eigenvalue weighted by molar-refractivity contribution is -0.127. The van der Waals surface area contributed by atoms with Crippen molar-refractivity contribution in [1.29, 1.82) is 0 Å². The third-order valence-electron chi connectivity index (χ3n) is 5.56. The third kappa shape index (κ3) is 6.49. The van der Waals surface area contributed by atoms with Crippen LogP contribution in [0, 0.1) is 11.3 Å². The number of ether oxygens (including phenoxy) is 1. The average molecular weight is 353 g/mol. The van der Waals surface area contributed by atoms with E-state index in [-0.39, 0.29) is 24.0 Å². The van der Waals surface area contributed by atoms with Gasteiger partial charge in [0.05, 0.1) is 6.10 Å². The zero-order valence-electron chi connectivity index (χ0n) is 16.4. The van der Waals surface area contributed by atoms with Crippen LogP contribution < -0.4 is 10.6 Å². The molecule has 2 N–H and O–H groups in total. The van der Waals surface area contributed by atoms with Crippen molar-refractivity contribution in [3.63, 3.8) is 0 Å². The predicted molar refractivity (Wildman–Crippen MR) is 102 cm³/mol. The highest BCUT2D eigenvalue weighted by molar-refractivity contribution is 5.84. The number of carbonyl (C=O) groups is 1. The Kier molecular flexibility index (Phi) is 7.54. The minimum absolute atomic E-state index is 0.00766. The molecular weight excluding hydrogens is 316 g/mol. The molecule has 0 aromatic rings. The summed E-state index contributed by atoms with van der Waals surface area (Å²) >= 11 is 0. The van der Waals surface area contributed by atoms with Crippen molar-refractivity contribution in [1.82, 2.24) is 15.5 Å². The van der Waals surface area contributed by atoms with Crippen LogP contribution in [0.15, 0.2) is 4.99 Å². The maximum Gasteiger partial charge on any atom is 0.243 e. The first kappa shape index (κ1) is 20.0. The van der Waals surface area contributed by atoms with Gasteiger partial charge >= 0.3 is 0 Å². The van der Waals surface area contributed by atoms with Gasteiger partial charge in [-0.15, -0.1) is 0 Å². The molecular formula is C19H36N4O2. The minimum Gasteiger partial charge on any atom is -0.376 e. The highest BCUT2D eigenvalue weighted by Crippen LogP contribution is 2.38. The van der Waals surface area contributed by atoms with Crippen LogP contribution in [-0.4, -0.2) is 63.2 Å². The Morgan fingerprint density at radius 3 is 2.48 bits per heavy atom. The summed E-state index contributed by atoms with van der Waals surface area (Å²) in [5, 5.41) is 6.83. The first-order valence-corrected chi connectivity index (χ1v) is 9.72. The van der Waals surface area contributed by atoms with Crippen LogP contribution in [0.25, 0.3) is 0 Å². The molecule has 2 fully saturated rings. The van der Waals surface area contributed by atoms with E-state index in [2.05, 4.69) is 29.5 Å². The Bertz CT molecular complexity index is 450. The lowest BCUT2D eigenvalue weighted by atomic mass is 9.78. The summed E-state index contributed by atoms with van der Waals surface area (Å²) in [4.78, 5) is 17.9. The Morgan fingerprint density at radius 2 is 1.88 bits per heavy atom. The minimum atomic E-state index is 0.00766. The SMILES string of the molecule is CN(C)C(=O)CN=C(NCC1CCCO1)NCC(C)(C)C1CCCC1. The summed E-state index contributed by atoms with van der Waals surface area (Å²) in [5.74, 6) is 1.49. The molecule has 0 bridgehead atoms. The van der Waals surface area contributed by atoms with E-state index in [4.69, 9.17) is 4.74 Å². The van der Waals surface area contributed by atoms with E-state index < -0.39 is 0 Å². The summed E-state index contributed by atoms with van der Waals surface area (Å²) in [6.45, 7) is 7.28. The number of aliphatic imine (C=N–C) groups is 1. The van der Waals surface area contributed by atoms with Crippen molar-refractivity contribution in [2.75, 3.05) is 40.3 Å². The van der Waals surface area contributed by atoms with Gasteiger partial charge in [0.15, 0.2) is 5.96 Å². The highest BCUT2D eigenvalue weighted by Gasteiger charge is 2.31. The van der Waals surface area contributed by atoms with Crippen LogP contribution in [-0.2, 0) is 9.53 Å². The van der Waals surface area contributed by atoms with E-state index >= 15 is 0 Å². The van der Waals surface area contributed by atoms with Gasteiger partial charge in [-0.25, -0.2) is 4.99 Å². The fraction of sp³-hybridized carbons (Fsp3) is 0.895. The van der Waals surface area contributed by atoms with E-state index in [0.29, 0.717) is 0 Å². The number of nitrogens with zero attached hydrogens (tertiary/aromatic N) is 2. The van der Waals surface area contributed by atoms with Crippen LogP contribution in [0.1, 0.15) is 52.4 Å². The maximum atomic E-state index is 11.9. The molecule has 1 aliphatic heterocycles. The highest BCUT2D eigenvalue weighted by atomic mass is 16.5. The molecule has 25 heavy (non-hydrogen) atoms. The summed E-state index contributed by atoms with van der Waals surface area (Å²) in [6.07, 6.45) is 7.81. The standard InChI is InChI=1S/C19H36N4O2/c1-19(2,15-8-5-6-9-15)14-22-18(21-13-17(24)23(3)4)20-12-16-10-7-11-25-16/h15-16H,5-14H2,1-4H3,(H2,20,21,22). The molecule has 6 nitrogen and oxygen atoms in total. The van der Waals surface area contributed by atoms with Crippen LogP contribution in [0.2, 0.25) is 0 Å². The summed E-state index contributed by atoms with van der Waals surface area (Å²) in [5.41, 5.74) is 0.231. The van der Waals surface area contributed by atoms with E-state index in [1.165, 1.54) is 25.7 Å². The Labute approximate surface area is 152 Å². The van der Waals surface area contributed by atoms with E-state index in [1.54, 1.807) is 19.0 Å². The van der Waals surface area contributed by atoms with Gasteiger partial charge in [-0.1, -0.05) is 26.7 Å². The van der Waals surface area contributed by atoms with Crippen molar-refractivity contribution in [2.45, 2.75) is 58.5 Å². The number of rotatable bonds is 7. The van der Waals surface area contributed by atoms with Crippen LogP contribution in [0.4, 0.5) is 0 Å². The molecule has 0 aromatic carbocycles. The average Bonchev–Trinajstić information content (AvgIpc) is 3.27. The second-order valence-corrected chi connectivity index (χ2v) is 8.29. The molecule has 1 amide bonds. The zero-order valence-corrected chi connectivity index (χ0v) is 16.4. The number of amides is 1. The summed E-state index contributed by atoms with van der Waals surface area (Å²) in [6, 6.07) is 0. The zero-order chi connectivity index (χ0) is 18.3. The molecule has 2 rings (SSSR count). The van der Waals surface area contributed by atoms with Crippen molar-refractivity contribution in [3.8, 4) is 0 Å². The first-order valence-electron chi connectivity index (χ1n) is 9.72. The molecule has 0 radical (unpaired) electrons. The fourth-order valence-corrected chi connectivity index (χ4v) is 3.64. The number of hydrogen-bond donors (Lipinski definition) is 2. The third-order valence-corrected chi connectivity index (χ3v) is 5.56. The second-order valence-electron chi connectivity index (χ2n) is 8.29. The normalized spacial score (nSPS) is 22.2. The van der Waals surface area contributed by atoms with Crippen LogP contribution >= 0.6 is 0 Å². The molecule has 144 valence electrons. The second kappa shape index (κ2) is 9.41. The molecule has 0 spiro atoms. The van der Waals surface area contributed by atoms with Gasteiger partial charge < -0.3 is 20.3 Å². The summed E-state index contributed by atoms with van der Waals surface area (Å²) < 4.78 is 5.67. The van der Waals surface area contributed by atoms with E-state index in [0.717, 1.165) is 44.4 Å². The topological polar surface area (TPSA) is 66.0 Å². The quantitative estimate of drug-likeness (QED) is 0.543. The largest absolute Gasteiger partial charge is 0.376 e. The van der Waals surface area contributed by atoms with Gasteiger partial charge in [-0.05, 0) is 37.0 Å². The van der Waals surface area contributed by atoms with E-state index in [1.807, 2.05) is 0 Å². The van der Waals surface area contributed by atoms with Gasteiger partial charge in [0.2, 0.25) is 5.91 Å². The monoisotopic (exact) mass is 352 g/mol. The van der Waals surface area contributed by atoms with Crippen LogP contribution in [0.5, 0.6) is 0 Å². The number of carbonyl (C=O) groups excluding carboxylic acids is 1. The van der Waals surface area contributed by atoms with Crippen molar-refractivity contribution >= 4 is 11.9 Å².